The molecule has 0 spiro atoms. The highest BCUT2D eigenvalue weighted by Gasteiger charge is 2.20. The Morgan fingerprint density at radius 2 is 1.92 bits per heavy atom. The third-order valence-corrected chi connectivity index (χ3v) is 4.49. The van der Waals surface area contributed by atoms with Gasteiger partial charge in [0.2, 0.25) is 6.41 Å². The highest BCUT2D eigenvalue weighted by Crippen LogP contribution is 2.05. The number of benzene rings is 1. The van der Waals surface area contributed by atoms with Gasteiger partial charge in [0.1, 0.15) is 6.04 Å². The Labute approximate surface area is 147 Å². The predicted octanol–water partition coefficient (Wildman–Crippen LogP) is -0.254. The Bertz CT molecular complexity index is 611. The van der Waals surface area contributed by atoms with E-state index in [0.717, 1.165) is 5.56 Å². The van der Waals surface area contributed by atoms with Crippen molar-refractivity contribution in [2.24, 2.45) is 0 Å². The summed E-state index contributed by atoms with van der Waals surface area (Å²) in [5.74, 6) is -1.11. The molecule has 1 unspecified atom stereocenters. The minimum Gasteiger partial charge on any atom is -0.480 e. The van der Waals surface area contributed by atoms with Gasteiger partial charge >= 0.3 is 5.97 Å². The molecular weight excluding hydrogens is 350 g/mol. The van der Waals surface area contributed by atoms with E-state index in [1.807, 2.05) is 30.3 Å². The van der Waals surface area contributed by atoms with Gasteiger partial charge in [-0.25, -0.2) is 9.44 Å². The molecule has 9 nitrogen and oxygen atoms in total. The number of ether oxygens (including phenoxy) is 1. The lowest BCUT2D eigenvalue weighted by Gasteiger charge is -2.19. The molecule has 0 aliphatic carbocycles. The maximum absolute atomic E-state index is 11.2. The molecule has 0 aromatic heterocycles. The molecule has 142 valence electrons. The smallest absolute Gasteiger partial charge is 0.320 e. The van der Waals surface area contributed by atoms with Crippen LogP contribution in [0.2, 0.25) is 0 Å². The molecule has 0 aliphatic heterocycles. The van der Waals surface area contributed by atoms with Crippen LogP contribution in [0.25, 0.3) is 0 Å². The Morgan fingerprint density at radius 3 is 2.52 bits per heavy atom. The van der Waals surface area contributed by atoms with Crippen LogP contribution in [0.3, 0.4) is 0 Å². The molecule has 25 heavy (non-hydrogen) atoms. The summed E-state index contributed by atoms with van der Waals surface area (Å²) in [5, 5.41) is 21.4. The Balaban J connectivity index is 2.30. The molecule has 1 rings (SSSR count). The van der Waals surface area contributed by atoms with E-state index in [9.17, 15) is 23.4 Å². The van der Waals surface area contributed by atoms with Crippen molar-refractivity contribution >= 4 is 16.2 Å². The van der Waals surface area contributed by atoms with Gasteiger partial charge in [-0.1, -0.05) is 30.3 Å². The SMILES string of the molecule is CNS(=O)(=O)NCCCC[C@H](NC(O)OCc1ccccc1)C(=O)O. The van der Waals surface area contributed by atoms with Gasteiger partial charge in [0.15, 0.2) is 0 Å². The number of hydrogen-bond donors (Lipinski definition) is 5. The van der Waals surface area contributed by atoms with Crippen molar-refractivity contribution in [3.63, 3.8) is 0 Å². The van der Waals surface area contributed by atoms with Crippen LogP contribution in [0, 0.1) is 0 Å². The van der Waals surface area contributed by atoms with Crippen molar-refractivity contribution in [1.82, 2.24) is 14.8 Å². The first kappa shape index (κ1) is 21.5. The molecular formula is C15H25N3O6S. The molecule has 1 aromatic carbocycles. The van der Waals surface area contributed by atoms with E-state index in [0.29, 0.717) is 12.8 Å². The monoisotopic (exact) mass is 375 g/mol. The fraction of sp³-hybridized carbons (Fsp3) is 0.533. The first-order chi connectivity index (χ1) is 11.8. The number of aliphatic hydroxyl groups is 1. The van der Waals surface area contributed by atoms with E-state index in [4.69, 9.17) is 4.74 Å². The average molecular weight is 375 g/mol. The zero-order valence-corrected chi connectivity index (χ0v) is 14.8. The van der Waals surface area contributed by atoms with Crippen molar-refractivity contribution in [3.05, 3.63) is 35.9 Å². The highest BCUT2D eigenvalue weighted by molar-refractivity contribution is 7.87. The van der Waals surface area contributed by atoms with Gasteiger partial charge < -0.3 is 14.9 Å². The van der Waals surface area contributed by atoms with Gasteiger partial charge in [0.25, 0.3) is 10.2 Å². The lowest BCUT2D eigenvalue weighted by atomic mass is 10.1. The third kappa shape index (κ3) is 9.48. The topological polar surface area (TPSA) is 137 Å². The number of hydrogen-bond acceptors (Lipinski definition) is 6. The minimum absolute atomic E-state index is 0.146. The standard InChI is InChI=1S/C15H25N3O6S/c1-16-25(22,23)17-10-6-5-9-13(14(19)20)18-15(21)24-11-12-7-3-2-4-8-12/h2-4,7-8,13,15-18,21H,5-6,9-11H2,1H3,(H,19,20)/t13-,15?/m0/s1. The van der Waals surface area contributed by atoms with Gasteiger partial charge in [-0.3, -0.25) is 10.1 Å². The van der Waals surface area contributed by atoms with Crippen molar-refractivity contribution < 1.29 is 28.2 Å². The van der Waals surface area contributed by atoms with E-state index in [1.165, 1.54) is 7.05 Å². The maximum atomic E-state index is 11.2. The summed E-state index contributed by atoms with van der Waals surface area (Å²) in [6.45, 7) is 0.343. The first-order valence-electron chi connectivity index (χ1n) is 7.84. The molecule has 2 atom stereocenters. The van der Waals surface area contributed by atoms with Crippen LogP contribution in [0.1, 0.15) is 24.8 Å². The summed E-state index contributed by atoms with van der Waals surface area (Å²) in [6.07, 6.45) is -0.263. The number of carboxylic acid groups (broad SMARTS) is 1. The Kier molecular flexibility index (Phi) is 9.57. The lowest BCUT2D eigenvalue weighted by molar-refractivity contribution is -0.155. The second-order valence-electron chi connectivity index (χ2n) is 5.30. The minimum atomic E-state index is -3.48. The number of nitrogens with one attached hydrogen (secondary N) is 3. The van der Waals surface area contributed by atoms with Gasteiger partial charge in [0.05, 0.1) is 6.61 Å². The number of aliphatic carboxylic acids is 1. The maximum Gasteiger partial charge on any atom is 0.320 e. The number of rotatable bonds is 13. The quantitative estimate of drug-likeness (QED) is 0.237. The molecule has 1 aromatic rings. The van der Waals surface area contributed by atoms with Crippen molar-refractivity contribution in [3.8, 4) is 0 Å². The predicted molar refractivity (Wildman–Crippen MR) is 91.6 cm³/mol. The molecule has 0 amide bonds. The van der Waals surface area contributed by atoms with Crippen LogP contribution >= 0.6 is 0 Å². The van der Waals surface area contributed by atoms with Gasteiger partial charge in [-0.05, 0) is 24.8 Å². The Hall–Kier alpha value is -1.56. The van der Waals surface area contributed by atoms with E-state index in [-0.39, 0.29) is 19.6 Å². The summed E-state index contributed by atoms with van der Waals surface area (Å²) in [6, 6.07) is 8.18. The largest absolute Gasteiger partial charge is 0.480 e. The molecule has 0 aliphatic rings. The van der Waals surface area contributed by atoms with E-state index in [1.54, 1.807) is 0 Å². The average Bonchev–Trinajstić information content (AvgIpc) is 2.59. The molecule has 0 fully saturated rings. The first-order valence-corrected chi connectivity index (χ1v) is 9.33. The van der Waals surface area contributed by atoms with Crippen LogP contribution in [-0.4, -0.2) is 50.6 Å². The number of carboxylic acids is 1. The summed E-state index contributed by atoms with van der Waals surface area (Å²) >= 11 is 0. The molecule has 0 radical (unpaired) electrons. The van der Waals surface area contributed by atoms with Crippen LogP contribution in [0.5, 0.6) is 0 Å². The molecule has 0 saturated heterocycles. The van der Waals surface area contributed by atoms with Crippen molar-refractivity contribution in [1.29, 1.82) is 0 Å². The van der Waals surface area contributed by atoms with Crippen molar-refractivity contribution in [2.75, 3.05) is 13.6 Å². The third-order valence-electron chi connectivity index (χ3n) is 3.37. The van der Waals surface area contributed by atoms with Crippen LogP contribution in [0.4, 0.5) is 0 Å². The van der Waals surface area contributed by atoms with E-state index >= 15 is 0 Å². The van der Waals surface area contributed by atoms with E-state index in [2.05, 4.69) is 14.8 Å². The normalized spacial score (nSPS) is 14.2. The second-order valence-corrected chi connectivity index (χ2v) is 7.01. The molecule has 0 saturated carbocycles. The van der Waals surface area contributed by atoms with Crippen LogP contribution in [-0.2, 0) is 26.3 Å². The fourth-order valence-corrected chi connectivity index (χ4v) is 2.56. The number of aliphatic hydroxyl groups excluding tert-OH is 1. The molecule has 5 N–H and O–H groups in total. The summed E-state index contributed by atoms with van der Waals surface area (Å²) in [5.41, 5.74) is 0.854. The Morgan fingerprint density at radius 1 is 1.24 bits per heavy atom. The fourth-order valence-electron chi connectivity index (χ4n) is 2.00. The lowest BCUT2D eigenvalue weighted by Crippen LogP contribution is -2.44. The summed E-state index contributed by atoms with van der Waals surface area (Å²) < 4.78 is 31.9. The number of carbonyl (C=O) groups is 1. The van der Waals surface area contributed by atoms with Crippen LogP contribution in [0.15, 0.2) is 30.3 Å². The highest BCUT2D eigenvalue weighted by atomic mass is 32.2. The zero-order chi connectivity index (χ0) is 18.7. The van der Waals surface area contributed by atoms with Gasteiger partial charge in [0, 0.05) is 13.6 Å². The number of unbranched alkanes of at least 4 members (excludes halogenated alkanes) is 1. The zero-order valence-electron chi connectivity index (χ0n) is 14.0. The van der Waals surface area contributed by atoms with Crippen LogP contribution < -0.4 is 14.8 Å². The van der Waals surface area contributed by atoms with Gasteiger partial charge in [-0.2, -0.15) is 8.42 Å². The van der Waals surface area contributed by atoms with Gasteiger partial charge in [-0.15, -0.1) is 0 Å². The molecule has 0 heterocycles. The summed E-state index contributed by atoms with van der Waals surface area (Å²) in [4.78, 5) is 11.2. The van der Waals surface area contributed by atoms with Crippen molar-refractivity contribution in [2.45, 2.75) is 38.3 Å². The second kappa shape index (κ2) is 11.1. The molecule has 10 heteroatoms. The molecule has 0 bridgehead atoms. The summed E-state index contributed by atoms with van der Waals surface area (Å²) in [7, 11) is -2.19. The van der Waals surface area contributed by atoms with E-state index < -0.39 is 28.6 Å².